The van der Waals surface area contributed by atoms with E-state index in [1.54, 1.807) is 22.7 Å². The SMILES string of the molecule is CCSc1nnc(C)n1/N=C/c1ccc(COc2ccc(Cl)c(C)c2)o1. The zero-order chi connectivity index (χ0) is 18.5. The summed E-state index contributed by atoms with van der Waals surface area (Å²) in [5.74, 6) is 3.73. The number of benzene rings is 1. The average Bonchev–Trinajstić information content (AvgIpc) is 3.21. The van der Waals surface area contributed by atoms with Crippen molar-refractivity contribution in [2.45, 2.75) is 32.5 Å². The van der Waals surface area contributed by atoms with Gasteiger partial charge in [-0.3, -0.25) is 0 Å². The van der Waals surface area contributed by atoms with Crippen LogP contribution in [0.3, 0.4) is 0 Å². The quantitative estimate of drug-likeness (QED) is 0.431. The van der Waals surface area contributed by atoms with Gasteiger partial charge >= 0.3 is 0 Å². The second kappa shape index (κ2) is 8.42. The van der Waals surface area contributed by atoms with Crippen molar-refractivity contribution < 1.29 is 9.15 Å². The van der Waals surface area contributed by atoms with Gasteiger partial charge in [0.1, 0.15) is 23.9 Å². The van der Waals surface area contributed by atoms with Crippen LogP contribution < -0.4 is 4.74 Å². The van der Waals surface area contributed by atoms with Crippen molar-refractivity contribution >= 4 is 29.6 Å². The Morgan fingerprint density at radius 3 is 2.88 bits per heavy atom. The van der Waals surface area contributed by atoms with Crippen LogP contribution in [-0.4, -0.2) is 26.8 Å². The molecule has 0 radical (unpaired) electrons. The molecule has 3 rings (SSSR count). The zero-order valence-electron chi connectivity index (χ0n) is 14.8. The van der Waals surface area contributed by atoms with Gasteiger partial charge in [0.05, 0.1) is 6.21 Å². The van der Waals surface area contributed by atoms with E-state index >= 15 is 0 Å². The number of aromatic nitrogens is 3. The number of furan rings is 1. The summed E-state index contributed by atoms with van der Waals surface area (Å²) in [6.45, 7) is 6.19. The lowest BCUT2D eigenvalue weighted by Crippen LogP contribution is -1.96. The molecule has 0 aliphatic carbocycles. The minimum atomic E-state index is 0.331. The molecule has 6 nitrogen and oxygen atoms in total. The topological polar surface area (TPSA) is 65.4 Å². The normalized spacial score (nSPS) is 11.4. The van der Waals surface area contributed by atoms with Gasteiger partial charge in [-0.15, -0.1) is 10.2 Å². The third-order valence-corrected chi connectivity index (χ3v) is 4.76. The predicted molar refractivity (Wildman–Crippen MR) is 103 cm³/mol. The highest BCUT2D eigenvalue weighted by Gasteiger charge is 2.08. The number of hydrogen-bond acceptors (Lipinski definition) is 6. The first-order valence-electron chi connectivity index (χ1n) is 8.13. The summed E-state index contributed by atoms with van der Waals surface area (Å²) in [7, 11) is 0. The molecule has 0 spiro atoms. The molecule has 0 saturated heterocycles. The van der Waals surface area contributed by atoms with Gasteiger partial charge in [0, 0.05) is 5.02 Å². The monoisotopic (exact) mass is 390 g/mol. The van der Waals surface area contributed by atoms with Crippen molar-refractivity contribution in [3.8, 4) is 5.75 Å². The fourth-order valence-electron chi connectivity index (χ4n) is 2.21. The molecule has 1 aromatic carbocycles. The van der Waals surface area contributed by atoms with Crippen LogP contribution in [0.2, 0.25) is 5.02 Å². The van der Waals surface area contributed by atoms with E-state index in [4.69, 9.17) is 20.8 Å². The van der Waals surface area contributed by atoms with Gasteiger partial charge in [-0.05, 0) is 55.5 Å². The minimum absolute atomic E-state index is 0.331. The number of halogens is 1. The highest BCUT2D eigenvalue weighted by Crippen LogP contribution is 2.22. The number of rotatable bonds is 7. The summed E-state index contributed by atoms with van der Waals surface area (Å²) >= 11 is 7.61. The molecule has 0 amide bonds. The van der Waals surface area contributed by atoms with Crippen LogP contribution in [0.5, 0.6) is 5.75 Å². The van der Waals surface area contributed by atoms with E-state index < -0.39 is 0 Å². The molecular formula is C18H19ClN4O2S. The maximum absolute atomic E-state index is 6.02. The van der Waals surface area contributed by atoms with Gasteiger partial charge in [-0.25, -0.2) is 0 Å². The van der Waals surface area contributed by atoms with Crippen molar-refractivity contribution in [3.05, 3.63) is 58.3 Å². The van der Waals surface area contributed by atoms with Crippen LogP contribution >= 0.6 is 23.4 Å². The molecule has 0 saturated carbocycles. The third kappa shape index (κ3) is 4.47. The third-order valence-electron chi connectivity index (χ3n) is 3.53. The van der Waals surface area contributed by atoms with Crippen molar-refractivity contribution in [2.75, 3.05) is 5.75 Å². The van der Waals surface area contributed by atoms with E-state index in [-0.39, 0.29) is 0 Å². The molecule has 0 unspecified atom stereocenters. The summed E-state index contributed by atoms with van der Waals surface area (Å²) in [6.07, 6.45) is 1.64. The Labute approximate surface area is 161 Å². The first-order valence-corrected chi connectivity index (χ1v) is 9.50. The molecule has 3 aromatic rings. The standard InChI is InChI=1S/C18H19ClN4O2S/c1-4-26-18-22-21-13(3)23(18)20-10-15-5-6-16(25-15)11-24-14-7-8-17(19)12(2)9-14/h5-10H,4,11H2,1-3H3/b20-10+. The molecule has 0 N–H and O–H groups in total. The van der Waals surface area contributed by atoms with E-state index in [1.165, 1.54) is 0 Å². The number of ether oxygens (including phenoxy) is 1. The largest absolute Gasteiger partial charge is 0.486 e. The van der Waals surface area contributed by atoms with Crippen LogP contribution in [0.4, 0.5) is 0 Å². The molecule has 0 aliphatic heterocycles. The Bertz CT molecular complexity index is 920. The Morgan fingerprint density at radius 2 is 2.12 bits per heavy atom. The maximum atomic E-state index is 6.02. The van der Waals surface area contributed by atoms with Crippen molar-refractivity contribution in [1.29, 1.82) is 0 Å². The predicted octanol–water partition coefficient (Wildman–Crippen LogP) is 4.71. The molecule has 2 heterocycles. The van der Waals surface area contributed by atoms with E-state index in [2.05, 4.69) is 22.2 Å². The molecule has 0 bridgehead atoms. The van der Waals surface area contributed by atoms with Gasteiger partial charge in [0.15, 0.2) is 5.82 Å². The zero-order valence-corrected chi connectivity index (χ0v) is 16.3. The van der Waals surface area contributed by atoms with Gasteiger partial charge in [-0.1, -0.05) is 30.3 Å². The molecule has 26 heavy (non-hydrogen) atoms. The minimum Gasteiger partial charge on any atom is -0.486 e. The number of hydrogen-bond donors (Lipinski definition) is 0. The first kappa shape index (κ1) is 18.5. The molecule has 0 atom stereocenters. The molecule has 0 fully saturated rings. The average molecular weight is 391 g/mol. The second-order valence-corrected chi connectivity index (χ2v) is 7.16. The van der Waals surface area contributed by atoms with Crippen LogP contribution in [0.25, 0.3) is 0 Å². The lowest BCUT2D eigenvalue weighted by Gasteiger charge is -2.05. The van der Waals surface area contributed by atoms with Gasteiger partial charge in [0.25, 0.3) is 0 Å². The Balaban J connectivity index is 1.64. The summed E-state index contributed by atoms with van der Waals surface area (Å²) < 4.78 is 13.2. The van der Waals surface area contributed by atoms with Crippen LogP contribution in [0.15, 0.2) is 45.0 Å². The molecule has 0 aliphatic rings. The van der Waals surface area contributed by atoms with E-state index in [1.807, 2.05) is 44.2 Å². The van der Waals surface area contributed by atoms with Crippen LogP contribution in [-0.2, 0) is 6.61 Å². The van der Waals surface area contributed by atoms with Gasteiger partial charge in [-0.2, -0.15) is 9.78 Å². The first-order chi connectivity index (χ1) is 12.6. The number of nitrogens with zero attached hydrogens (tertiary/aromatic N) is 4. The van der Waals surface area contributed by atoms with E-state index in [9.17, 15) is 0 Å². The fourth-order valence-corrected chi connectivity index (χ4v) is 2.98. The molecule has 2 aromatic heterocycles. The summed E-state index contributed by atoms with van der Waals surface area (Å²) in [4.78, 5) is 0. The summed E-state index contributed by atoms with van der Waals surface area (Å²) in [5.41, 5.74) is 0.974. The van der Waals surface area contributed by atoms with Crippen molar-refractivity contribution in [2.24, 2.45) is 5.10 Å². The van der Waals surface area contributed by atoms with E-state index in [0.717, 1.165) is 33.1 Å². The highest BCUT2D eigenvalue weighted by molar-refractivity contribution is 7.99. The molecule has 136 valence electrons. The van der Waals surface area contributed by atoms with Crippen LogP contribution in [0, 0.1) is 13.8 Å². The maximum Gasteiger partial charge on any atom is 0.212 e. The number of thioether (sulfide) groups is 1. The van der Waals surface area contributed by atoms with Gasteiger partial charge in [0.2, 0.25) is 5.16 Å². The number of aryl methyl sites for hydroxylation is 2. The Morgan fingerprint density at radius 1 is 1.27 bits per heavy atom. The Kier molecular flexibility index (Phi) is 6.00. The Hall–Kier alpha value is -2.25. The molecule has 8 heteroatoms. The summed E-state index contributed by atoms with van der Waals surface area (Å²) in [6, 6.07) is 9.27. The summed E-state index contributed by atoms with van der Waals surface area (Å²) in [5, 5.41) is 14.0. The van der Waals surface area contributed by atoms with Gasteiger partial charge < -0.3 is 9.15 Å². The highest BCUT2D eigenvalue weighted by atomic mass is 35.5. The van der Waals surface area contributed by atoms with Crippen molar-refractivity contribution in [3.63, 3.8) is 0 Å². The van der Waals surface area contributed by atoms with E-state index in [0.29, 0.717) is 18.1 Å². The fraction of sp³-hybridized carbons (Fsp3) is 0.278. The second-order valence-electron chi connectivity index (χ2n) is 5.52. The van der Waals surface area contributed by atoms with Crippen LogP contribution in [0.1, 0.15) is 29.8 Å². The molecular weight excluding hydrogens is 372 g/mol. The lowest BCUT2D eigenvalue weighted by atomic mass is 10.2. The smallest absolute Gasteiger partial charge is 0.212 e. The van der Waals surface area contributed by atoms with Crippen molar-refractivity contribution in [1.82, 2.24) is 14.9 Å². The lowest BCUT2D eigenvalue weighted by molar-refractivity contribution is 0.269.